The largest absolute Gasteiger partial charge is 0.416 e. The Balaban J connectivity index is 1.66. The van der Waals surface area contributed by atoms with Gasteiger partial charge in [0, 0.05) is 17.5 Å². The molecule has 1 aliphatic rings. The van der Waals surface area contributed by atoms with E-state index < -0.39 is 42.0 Å². The van der Waals surface area contributed by atoms with Crippen LogP contribution in [0.25, 0.3) is 21.3 Å². The first-order valence-corrected chi connectivity index (χ1v) is 10.4. The molecule has 1 aliphatic heterocycles. The molecule has 1 atom stereocenters. The van der Waals surface area contributed by atoms with Crippen LogP contribution in [0.5, 0.6) is 0 Å². The van der Waals surface area contributed by atoms with Crippen molar-refractivity contribution < 1.29 is 31.1 Å². The SMILES string of the molecule is O=C(Cn1cnc2scc(-c3ccc(C(F)(F)F)cc3)c2c1=O)N1CCCC1C(F)(F)F. The lowest BCUT2D eigenvalue weighted by molar-refractivity contribution is -0.183. The summed E-state index contributed by atoms with van der Waals surface area (Å²) in [5.74, 6) is -0.848. The van der Waals surface area contributed by atoms with Gasteiger partial charge in [0.2, 0.25) is 5.91 Å². The monoisotopic (exact) mass is 475 g/mol. The summed E-state index contributed by atoms with van der Waals surface area (Å²) in [5, 5.41) is 1.66. The summed E-state index contributed by atoms with van der Waals surface area (Å²) in [4.78, 5) is 30.6. The molecule has 2 aromatic heterocycles. The van der Waals surface area contributed by atoms with Crippen molar-refractivity contribution in [3.05, 3.63) is 51.9 Å². The number of fused-ring (bicyclic) bond motifs is 1. The van der Waals surface area contributed by atoms with E-state index in [1.807, 2.05) is 0 Å². The maximum absolute atomic E-state index is 13.2. The van der Waals surface area contributed by atoms with E-state index in [4.69, 9.17) is 0 Å². The molecule has 5 nitrogen and oxygen atoms in total. The Morgan fingerprint density at radius 2 is 1.81 bits per heavy atom. The highest BCUT2D eigenvalue weighted by Crippen LogP contribution is 2.35. The first kappa shape index (κ1) is 22.3. The van der Waals surface area contributed by atoms with Gasteiger partial charge in [-0.05, 0) is 30.5 Å². The zero-order valence-corrected chi connectivity index (χ0v) is 17.0. The van der Waals surface area contributed by atoms with Crippen LogP contribution in [0.2, 0.25) is 0 Å². The van der Waals surface area contributed by atoms with Crippen LogP contribution < -0.4 is 5.56 Å². The maximum atomic E-state index is 13.2. The van der Waals surface area contributed by atoms with Crippen molar-refractivity contribution in [3.8, 4) is 11.1 Å². The Hall–Kier alpha value is -2.89. The predicted octanol–water partition coefficient (Wildman–Crippen LogP) is 4.70. The number of likely N-dealkylation sites (tertiary alicyclic amines) is 1. The molecular formula is C20H15F6N3O2S. The van der Waals surface area contributed by atoms with E-state index in [9.17, 15) is 35.9 Å². The third-order valence-electron chi connectivity index (χ3n) is 5.34. The van der Waals surface area contributed by atoms with Crippen LogP contribution in [0.15, 0.2) is 40.8 Å². The number of nitrogens with zero attached hydrogens (tertiary/aromatic N) is 3. The fourth-order valence-electron chi connectivity index (χ4n) is 3.77. The zero-order valence-electron chi connectivity index (χ0n) is 16.2. The fourth-order valence-corrected chi connectivity index (χ4v) is 4.68. The Morgan fingerprint density at radius 1 is 1.12 bits per heavy atom. The van der Waals surface area contributed by atoms with Crippen LogP contribution in [-0.4, -0.2) is 39.1 Å². The van der Waals surface area contributed by atoms with Gasteiger partial charge in [0.25, 0.3) is 5.56 Å². The van der Waals surface area contributed by atoms with Crippen LogP contribution in [0.1, 0.15) is 18.4 Å². The van der Waals surface area contributed by atoms with Crippen molar-refractivity contribution in [2.75, 3.05) is 6.54 Å². The quantitative estimate of drug-likeness (QED) is 0.517. The van der Waals surface area contributed by atoms with Crippen molar-refractivity contribution in [3.63, 3.8) is 0 Å². The number of benzene rings is 1. The number of hydrogen-bond acceptors (Lipinski definition) is 4. The van der Waals surface area contributed by atoms with E-state index in [2.05, 4.69) is 4.98 Å². The number of aromatic nitrogens is 2. The minimum absolute atomic E-state index is 0.0529. The minimum Gasteiger partial charge on any atom is -0.329 e. The average Bonchev–Trinajstić information content (AvgIpc) is 3.37. The molecule has 0 N–H and O–H groups in total. The van der Waals surface area contributed by atoms with Gasteiger partial charge in [0.05, 0.1) is 17.3 Å². The lowest BCUT2D eigenvalue weighted by Gasteiger charge is -2.26. The smallest absolute Gasteiger partial charge is 0.329 e. The molecular weight excluding hydrogens is 460 g/mol. The number of alkyl halides is 6. The van der Waals surface area contributed by atoms with Crippen molar-refractivity contribution in [1.82, 2.24) is 14.5 Å². The van der Waals surface area contributed by atoms with Crippen LogP contribution in [0.4, 0.5) is 26.3 Å². The molecule has 12 heteroatoms. The molecule has 1 saturated heterocycles. The number of carbonyl (C=O) groups excluding carboxylic acids is 1. The van der Waals surface area contributed by atoms with Gasteiger partial charge in [-0.3, -0.25) is 14.2 Å². The number of hydrogen-bond donors (Lipinski definition) is 0. The third kappa shape index (κ3) is 4.10. The highest BCUT2D eigenvalue weighted by Gasteiger charge is 2.47. The average molecular weight is 475 g/mol. The summed E-state index contributed by atoms with van der Waals surface area (Å²) in [5.41, 5.74) is -0.801. The molecule has 1 fully saturated rings. The molecule has 1 unspecified atom stereocenters. The van der Waals surface area contributed by atoms with Crippen molar-refractivity contribution in [1.29, 1.82) is 0 Å². The molecule has 1 amide bonds. The molecule has 0 radical (unpaired) electrons. The normalized spacial score (nSPS) is 17.3. The standard InChI is InChI=1S/C20H15F6N3O2S/c21-19(22,23)12-5-3-11(4-6-12)13-9-32-17-16(13)18(31)28(10-27-17)8-15(30)29-7-1-2-14(29)20(24,25)26/h3-6,9-10,14H,1-2,7-8H2. The summed E-state index contributed by atoms with van der Waals surface area (Å²) in [7, 11) is 0. The van der Waals surface area contributed by atoms with Gasteiger partial charge in [0.1, 0.15) is 17.4 Å². The molecule has 0 spiro atoms. The third-order valence-corrected chi connectivity index (χ3v) is 6.23. The second-order valence-electron chi connectivity index (χ2n) is 7.37. The van der Waals surface area contributed by atoms with Gasteiger partial charge < -0.3 is 4.90 Å². The van der Waals surface area contributed by atoms with Gasteiger partial charge in [0.15, 0.2) is 0 Å². The van der Waals surface area contributed by atoms with E-state index in [1.54, 1.807) is 5.38 Å². The van der Waals surface area contributed by atoms with Crippen molar-refractivity contribution in [2.24, 2.45) is 0 Å². The van der Waals surface area contributed by atoms with E-state index in [0.717, 1.165) is 39.3 Å². The highest BCUT2D eigenvalue weighted by atomic mass is 32.1. The Kier molecular flexibility index (Phi) is 5.51. The van der Waals surface area contributed by atoms with E-state index >= 15 is 0 Å². The Labute approximate surface area is 180 Å². The lowest BCUT2D eigenvalue weighted by Crippen LogP contribution is -2.46. The molecule has 170 valence electrons. The van der Waals surface area contributed by atoms with Gasteiger partial charge >= 0.3 is 12.4 Å². The summed E-state index contributed by atoms with van der Waals surface area (Å²) in [6.45, 7) is -0.667. The summed E-state index contributed by atoms with van der Waals surface area (Å²) < 4.78 is 78.8. The Bertz CT molecular complexity index is 1210. The second kappa shape index (κ2) is 7.91. The van der Waals surface area contributed by atoms with Crippen LogP contribution in [0.3, 0.4) is 0 Å². The number of carbonyl (C=O) groups is 1. The minimum atomic E-state index is -4.55. The molecule has 3 aromatic rings. The molecule has 4 rings (SSSR count). The number of thiophene rings is 1. The van der Waals surface area contributed by atoms with Crippen LogP contribution in [0, 0.1) is 0 Å². The number of rotatable bonds is 3. The fraction of sp³-hybridized carbons (Fsp3) is 0.350. The van der Waals surface area contributed by atoms with E-state index in [0.29, 0.717) is 16.0 Å². The molecule has 1 aromatic carbocycles. The van der Waals surface area contributed by atoms with Gasteiger partial charge in [-0.25, -0.2) is 4.98 Å². The van der Waals surface area contributed by atoms with E-state index in [-0.39, 0.29) is 24.8 Å². The maximum Gasteiger partial charge on any atom is 0.416 e. The van der Waals surface area contributed by atoms with E-state index in [1.165, 1.54) is 12.1 Å². The molecule has 0 saturated carbocycles. The highest BCUT2D eigenvalue weighted by molar-refractivity contribution is 7.17. The summed E-state index contributed by atoms with van der Waals surface area (Å²) in [6.07, 6.45) is -7.95. The molecule has 0 aliphatic carbocycles. The first-order chi connectivity index (χ1) is 15.0. The van der Waals surface area contributed by atoms with Crippen LogP contribution in [-0.2, 0) is 17.5 Å². The predicted molar refractivity (Wildman–Crippen MR) is 105 cm³/mol. The number of amides is 1. The van der Waals surface area contributed by atoms with Gasteiger partial charge in [-0.2, -0.15) is 26.3 Å². The topological polar surface area (TPSA) is 55.2 Å². The Morgan fingerprint density at radius 3 is 2.44 bits per heavy atom. The molecule has 3 heterocycles. The van der Waals surface area contributed by atoms with Gasteiger partial charge in [-0.15, -0.1) is 11.3 Å². The molecule has 0 bridgehead atoms. The first-order valence-electron chi connectivity index (χ1n) is 9.47. The van der Waals surface area contributed by atoms with Gasteiger partial charge in [-0.1, -0.05) is 12.1 Å². The summed E-state index contributed by atoms with van der Waals surface area (Å²) in [6, 6.07) is 2.35. The lowest BCUT2D eigenvalue weighted by atomic mass is 10.0. The number of halogens is 6. The molecule has 32 heavy (non-hydrogen) atoms. The zero-order chi connectivity index (χ0) is 23.3. The second-order valence-corrected chi connectivity index (χ2v) is 8.23. The van der Waals surface area contributed by atoms with Crippen molar-refractivity contribution >= 4 is 27.5 Å². The summed E-state index contributed by atoms with van der Waals surface area (Å²) >= 11 is 1.10. The van der Waals surface area contributed by atoms with Crippen molar-refractivity contribution in [2.45, 2.75) is 37.8 Å². The van der Waals surface area contributed by atoms with Crippen LogP contribution >= 0.6 is 11.3 Å².